The summed E-state index contributed by atoms with van der Waals surface area (Å²) in [6, 6.07) is 0. The first-order valence-electron chi connectivity index (χ1n) is 7.18. The van der Waals surface area contributed by atoms with Gasteiger partial charge in [-0.05, 0) is 68.0 Å². The summed E-state index contributed by atoms with van der Waals surface area (Å²) in [5.41, 5.74) is 7.49. The quantitative estimate of drug-likeness (QED) is 0.764. The third kappa shape index (κ3) is 1.38. The normalized spacial score (nSPS) is 41.5. The van der Waals surface area contributed by atoms with Gasteiger partial charge in [0.15, 0.2) is 4.77 Å². The van der Waals surface area contributed by atoms with E-state index in [9.17, 15) is 0 Å². The second-order valence-electron chi connectivity index (χ2n) is 6.74. The van der Waals surface area contributed by atoms with Gasteiger partial charge in [-0.3, -0.25) is 0 Å². The standard InChI is InChI=1S/C14H21N3S/c1-17-13(15)12(16-14(17)18)11-9-3-7-2-8(5-9)6-10(11)4-7/h7-11H,2-6,15H2,1H3,(H,16,18). The van der Waals surface area contributed by atoms with Crippen LogP contribution in [0.3, 0.4) is 0 Å². The number of hydrogen-bond acceptors (Lipinski definition) is 2. The molecule has 5 rings (SSSR count). The van der Waals surface area contributed by atoms with Gasteiger partial charge < -0.3 is 15.3 Å². The Bertz CT molecular complexity index is 514. The zero-order valence-electron chi connectivity index (χ0n) is 10.9. The molecular weight excluding hydrogens is 242 g/mol. The predicted octanol–water partition coefficient (Wildman–Crippen LogP) is 3.20. The zero-order valence-corrected chi connectivity index (χ0v) is 11.7. The minimum Gasteiger partial charge on any atom is -0.384 e. The summed E-state index contributed by atoms with van der Waals surface area (Å²) in [6.45, 7) is 0. The number of nitrogens with one attached hydrogen (secondary N) is 1. The van der Waals surface area contributed by atoms with Gasteiger partial charge in [-0.1, -0.05) is 0 Å². The lowest BCUT2D eigenvalue weighted by atomic mass is 9.51. The third-order valence-electron chi connectivity index (χ3n) is 5.74. The van der Waals surface area contributed by atoms with Crippen molar-refractivity contribution in [2.75, 3.05) is 5.73 Å². The monoisotopic (exact) mass is 263 g/mol. The Hall–Kier alpha value is -0.770. The Balaban J connectivity index is 1.76. The van der Waals surface area contributed by atoms with Crippen LogP contribution < -0.4 is 5.73 Å². The predicted molar refractivity (Wildman–Crippen MR) is 74.8 cm³/mol. The maximum absolute atomic E-state index is 6.25. The number of nitrogens with zero attached hydrogens (tertiary/aromatic N) is 1. The summed E-state index contributed by atoms with van der Waals surface area (Å²) >= 11 is 5.32. The fourth-order valence-electron chi connectivity index (χ4n) is 5.20. The molecule has 0 unspecified atom stereocenters. The topological polar surface area (TPSA) is 46.7 Å². The molecule has 3 nitrogen and oxygen atoms in total. The molecule has 98 valence electrons. The average Bonchev–Trinajstić information content (AvgIpc) is 2.56. The summed E-state index contributed by atoms with van der Waals surface area (Å²) in [7, 11) is 1.97. The fraction of sp³-hybridized carbons (Fsp3) is 0.786. The lowest BCUT2D eigenvalue weighted by Gasteiger charge is -2.54. The Labute approximate surface area is 113 Å². The van der Waals surface area contributed by atoms with Crippen molar-refractivity contribution in [3.63, 3.8) is 0 Å². The van der Waals surface area contributed by atoms with Crippen molar-refractivity contribution in [3.05, 3.63) is 10.5 Å². The van der Waals surface area contributed by atoms with Crippen molar-refractivity contribution in [2.24, 2.45) is 30.7 Å². The van der Waals surface area contributed by atoms with Crippen LogP contribution in [-0.4, -0.2) is 9.55 Å². The van der Waals surface area contributed by atoms with Crippen molar-refractivity contribution < 1.29 is 0 Å². The van der Waals surface area contributed by atoms with Crippen LogP contribution in [0.2, 0.25) is 0 Å². The Kier molecular flexibility index (Phi) is 2.23. The molecule has 0 spiro atoms. The number of aromatic amines is 1. The van der Waals surface area contributed by atoms with Crippen LogP contribution >= 0.6 is 12.2 Å². The largest absolute Gasteiger partial charge is 0.384 e. The van der Waals surface area contributed by atoms with Gasteiger partial charge in [0.1, 0.15) is 5.82 Å². The van der Waals surface area contributed by atoms with E-state index in [1.165, 1.54) is 37.8 Å². The minimum absolute atomic E-state index is 0.653. The summed E-state index contributed by atoms with van der Waals surface area (Å²) in [5, 5.41) is 0. The first-order chi connectivity index (χ1) is 8.63. The number of nitrogen functional groups attached to an aromatic ring is 1. The SMILES string of the molecule is Cn1c(N)c(C2C3CC4CC(C3)CC2C4)[nH]c1=S. The van der Waals surface area contributed by atoms with E-state index in [1.54, 1.807) is 0 Å². The van der Waals surface area contributed by atoms with E-state index in [0.717, 1.165) is 34.3 Å². The van der Waals surface area contributed by atoms with E-state index < -0.39 is 0 Å². The number of nitrogens with two attached hydrogens (primary N) is 1. The van der Waals surface area contributed by atoms with Gasteiger partial charge in [0.2, 0.25) is 0 Å². The number of aromatic nitrogens is 2. The van der Waals surface area contributed by atoms with Crippen LogP contribution in [0.4, 0.5) is 5.82 Å². The molecule has 18 heavy (non-hydrogen) atoms. The molecule has 4 bridgehead atoms. The van der Waals surface area contributed by atoms with Crippen molar-refractivity contribution in [1.29, 1.82) is 0 Å². The highest BCUT2D eigenvalue weighted by atomic mass is 32.1. The Morgan fingerprint density at radius 3 is 2.11 bits per heavy atom. The zero-order chi connectivity index (χ0) is 12.4. The molecule has 4 fully saturated rings. The second kappa shape index (κ2) is 3.62. The maximum Gasteiger partial charge on any atom is 0.178 e. The second-order valence-corrected chi connectivity index (χ2v) is 7.13. The summed E-state index contributed by atoms with van der Waals surface area (Å²) < 4.78 is 2.70. The van der Waals surface area contributed by atoms with Gasteiger partial charge in [0, 0.05) is 13.0 Å². The van der Waals surface area contributed by atoms with Crippen LogP contribution in [0, 0.1) is 28.4 Å². The van der Waals surface area contributed by atoms with Crippen molar-refractivity contribution in [1.82, 2.24) is 9.55 Å². The minimum atomic E-state index is 0.653. The molecule has 4 saturated carbocycles. The number of anilines is 1. The van der Waals surface area contributed by atoms with Gasteiger partial charge in [0.25, 0.3) is 0 Å². The molecule has 0 atom stereocenters. The number of rotatable bonds is 1. The Morgan fingerprint density at radius 1 is 1.11 bits per heavy atom. The van der Waals surface area contributed by atoms with Gasteiger partial charge in [0.05, 0.1) is 5.69 Å². The first kappa shape index (κ1) is 11.1. The van der Waals surface area contributed by atoms with Crippen LogP contribution in [0.5, 0.6) is 0 Å². The fourth-order valence-corrected chi connectivity index (χ4v) is 5.41. The summed E-state index contributed by atoms with van der Waals surface area (Å²) in [4.78, 5) is 3.39. The molecule has 0 saturated heterocycles. The summed E-state index contributed by atoms with van der Waals surface area (Å²) in [6.07, 6.45) is 7.19. The van der Waals surface area contributed by atoms with E-state index in [1.807, 2.05) is 11.6 Å². The van der Waals surface area contributed by atoms with E-state index in [0.29, 0.717) is 5.92 Å². The highest BCUT2D eigenvalue weighted by Gasteiger charge is 2.49. The van der Waals surface area contributed by atoms with Crippen molar-refractivity contribution >= 4 is 18.0 Å². The van der Waals surface area contributed by atoms with E-state index >= 15 is 0 Å². The Morgan fingerprint density at radius 2 is 1.67 bits per heavy atom. The molecule has 0 aromatic carbocycles. The molecular formula is C14H21N3S. The van der Waals surface area contributed by atoms with Gasteiger partial charge in [-0.15, -0.1) is 0 Å². The lowest BCUT2D eigenvalue weighted by molar-refractivity contribution is -0.00381. The van der Waals surface area contributed by atoms with Gasteiger partial charge in [-0.2, -0.15) is 0 Å². The molecule has 4 heteroatoms. The van der Waals surface area contributed by atoms with Gasteiger partial charge in [-0.25, -0.2) is 0 Å². The van der Waals surface area contributed by atoms with Crippen LogP contribution in [0.15, 0.2) is 0 Å². The molecule has 1 aromatic heterocycles. The number of hydrogen-bond donors (Lipinski definition) is 2. The first-order valence-corrected chi connectivity index (χ1v) is 7.58. The molecule has 1 heterocycles. The highest BCUT2D eigenvalue weighted by molar-refractivity contribution is 7.71. The highest BCUT2D eigenvalue weighted by Crippen LogP contribution is 2.60. The summed E-state index contributed by atoms with van der Waals surface area (Å²) in [5.74, 6) is 5.26. The van der Waals surface area contributed by atoms with Crippen LogP contribution in [-0.2, 0) is 7.05 Å². The number of H-pyrrole nitrogens is 1. The maximum atomic E-state index is 6.25. The average molecular weight is 263 g/mol. The van der Waals surface area contributed by atoms with E-state index in [4.69, 9.17) is 18.0 Å². The molecule has 4 aliphatic rings. The van der Waals surface area contributed by atoms with Crippen molar-refractivity contribution in [2.45, 2.75) is 38.0 Å². The van der Waals surface area contributed by atoms with Crippen LogP contribution in [0.1, 0.15) is 43.7 Å². The molecule has 0 aliphatic heterocycles. The number of imidazole rings is 1. The van der Waals surface area contributed by atoms with E-state index in [-0.39, 0.29) is 0 Å². The van der Waals surface area contributed by atoms with E-state index in [2.05, 4.69) is 4.98 Å². The third-order valence-corrected chi connectivity index (χ3v) is 6.12. The molecule has 3 N–H and O–H groups in total. The molecule has 1 aromatic rings. The van der Waals surface area contributed by atoms with Gasteiger partial charge >= 0.3 is 0 Å². The molecule has 4 aliphatic carbocycles. The van der Waals surface area contributed by atoms with Crippen LogP contribution in [0.25, 0.3) is 0 Å². The van der Waals surface area contributed by atoms with Crippen molar-refractivity contribution in [3.8, 4) is 0 Å². The molecule has 0 amide bonds. The molecule has 0 radical (unpaired) electrons. The smallest absolute Gasteiger partial charge is 0.178 e. The lowest BCUT2D eigenvalue weighted by Crippen LogP contribution is -2.44.